The molecule has 1 aromatic heterocycles. The lowest BCUT2D eigenvalue weighted by Gasteiger charge is -2.23. The van der Waals surface area contributed by atoms with E-state index in [1.807, 2.05) is 20.8 Å². The summed E-state index contributed by atoms with van der Waals surface area (Å²) in [5.74, 6) is 0. The molecule has 5 nitrogen and oxygen atoms in total. The lowest BCUT2D eigenvalue weighted by Crippen LogP contribution is -2.39. The van der Waals surface area contributed by atoms with Crippen LogP contribution >= 0.6 is 23.2 Å². The average molecular weight is 304 g/mol. The van der Waals surface area contributed by atoms with Crippen molar-refractivity contribution in [2.75, 3.05) is 0 Å². The molecule has 19 heavy (non-hydrogen) atoms. The number of hydrogen-bond donors (Lipinski definition) is 1. The van der Waals surface area contributed by atoms with E-state index < -0.39 is 17.2 Å². The lowest BCUT2D eigenvalue weighted by atomic mass is 10.1. The smallest absolute Gasteiger partial charge is 0.408 e. The number of aromatic nitrogens is 2. The van der Waals surface area contributed by atoms with Crippen LogP contribution in [0.15, 0.2) is 6.07 Å². The van der Waals surface area contributed by atoms with Gasteiger partial charge in [0.05, 0.1) is 5.54 Å². The maximum absolute atomic E-state index is 11.8. The minimum absolute atomic E-state index is 0.247. The van der Waals surface area contributed by atoms with Crippen molar-refractivity contribution >= 4 is 29.3 Å². The molecular formula is C12H15Cl2N3O2. The van der Waals surface area contributed by atoms with E-state index in [0.29, 0.717) is 5.56 Å². The monoisotopic (exact) mass is 303 g/mol. The van der Waals surface area contributed by atoms with E-state index in [0.717, 1.165) is 12.8 Å². The number of nitrogens with zero attached hydrogens (tertiary/aromatic N) is 2. The molecule has 0 radical (unpaired) electrons. The van der Waals surface area contributed by atoms with Crippen LogP contribution in [-0.2, 0) is 10.3 Å². The summed E-state index contributed by atoms with van der Waals surface area (Å²) < 4.78 is 5.24. The highest BCUT2D eigenvalue weighted by molar-refractivity contribution is 6.31. The Morgan fingerprint density at radius 3 is 2.53 bits per heavy atom. The van der Waals surface area contributed by atoms with E-state index in [2.05, 4.69) is 15.5 Å². The zero-order chi connectivity index (χ0) is 14.3. The van der Waals surface area contributed by atoms with Gasteiger partial charge in [-0.2, -0.15) is 0 Å². The van der Waals surface area contributed by atoms with Crippen molar-refractivity contribution in [3.05, 3.63) is 21.9 Å². The Morgan fingerprint density at radius 2 is 2.00 bits per heavy atom. The van der Waals surface area contributed by atoms with Crippen LogP contribution in [0, 0.1) is 0 Å². The number of nitrogens with one attached hydrogen (secondary N) is 1. The first-order valence-corrected chi connectivity index (χ1v) is 6.68. The summed E-state index contributed by atoms with van der Waals surface area (Å²) >= 11 is 11.8. The van der Waals surface area contributed by atoms with Crippen LogP contribution in [0.1, 0.15) is 39.2 Å². The first kappa shape index (κ1) is 14.3. The van der Waals surface area contributed by atoms with E-state index in [-0.39, 0.29) is 10.3 Å². The largest absolute Gasteiger partial charge is 0.444 e. The Labute approximate surface area is 121 Å². The minimum atomic E-state index is -0.544. The van der Waals surface area contributed by atoms with Gasteiger partial charge in [0.1, 0.15) is 5.60 Å². The number of halogens is 2. The normalized spacial score (nSPS) is 16.9. The standard InChI is InChI=1S/C12H15Cl2N3O2/c1-11(2,3)19-10(18)15-12(4-5-12)7-6-8(13)16-17-9(7)14/h6H,4-5H2,1-3H3,(H,15,18). The summed E-state index contributed by atoms with van der Waals surface area (Å²) in [4.78, 5) is 11.8. The molecule has 1 aliphatic rings. The summed E-state index contributed by atoms with van der Waals surface area (Å²) in [6.07, 6.45) is 1.07. The van der Waals surface area contributed by atoms with Crippen molar-refractivity contribution in [3.8, 4) is 0 Å². The van der Waals surface area contributed by atoms with Gasteiger partial charge in [-0.15, -0.1) is 10.2 Å². The molecule has 1 saturated carbocycles. The van der Waals surface area contributed by atoms with Crippen LogP contribution in [0.3, 0.4) is 0 Å². The number of ether oxygens (including phenoxy) is 1. The highest BCUT2D eigenvalue weighted by Gasteiger charge is 2.48. The van der Waals surface area contributed by atoms with Gasteiger partial charge in [0, 0.05) is 5.56 Å². The van der Waals surface area contributed by atoms with Crippen LogP contribution in [0.2, 0.25) is 10.3 Å². The predicted octanol–water partition coefficient (Wildman–Crippen LogP) is 3.30. The molecule has 0 bridgehead atoms. The molecular weight excluding hydrogens is 289 g/mol. The Morgan fingerprint density at radius 1 is 1.37 bits per heavy atom. The van der Waals surface area contributed by atoms with Crippen LogP contribution in [0.5, 0.6) is 0 Å². The van der Waals surface area contributed by atoms with Gasteiger partial charge in [0.15, 0.2) is 10.3 Å². The van der Waals surface area contributed by atoms with Crippen molar-refractivity contribution in [3.63, 3.8) is 0 Å². The van der Waals surface area contributed by atoms with Gasteiger partial charge in [-0.25, -0.2) is 4.79 Å². The van der Waals surface area contributed by atoms with Crippen molar-refractivity contribution < 1.29 is 9.53 Å². The predicted molar refractivity (Wildman–Crippen MR) is 72.3 cm³/mol. The van der Waals surface area contributed by atoms with Gasteiger partial charge in [0.2, 0.25) is 0 Å². The average Bonchev–Trinajstić information content (AvgIpc) is 2.99. The molecule has 0 unspecified atom stereocenters. The molecule has 1 fully saturated rings. The van der Waals surface area contributed by atoms with Crippen molar-refractivity contribution in [2.24, 2.45) is 0 Å². The minimum Gasteiger partial charge on any atom is -0.444 e. The molecule has 1 aliphatic carbocycles. The zero-order valence-corrected chi connectivity index (χ0v) is 12.5. The summed E-state index contributed by atoms with van der Waals surface area (Å²) in [5.41, 5.74) is -0.392. The maximum atomic E-state index is 11.8. The Hall–Kier alpha value is -1.07. The second-order valence-corrected chi connectivity index (χ2v) is 6.33. The van der Waals surface area contributed by atoms with Crippen LogP contribution < -0.4 is 5.32 Å². The number of amides is 1. The molecule has 0 aliphatic heterocycles. The Bertz CT molecular complexity index is 510. The first-order chi connectivity index (χ1) is 8.72. The molecule has 1 aromatic rings. The molecule has 0 aromatic carbocycles. The second kappa shape index (κ2) is 4.80. The van der Waals surface area contributed by atoms with Crippen molar-refractivity contribution in [2.45, 2.75) is 44.8 Å². The van der Waals surface area contributed by atoms with E-state index in [4.69, 9.17) is 27.9 Å². The number of alkyl carbamates (subject to hydrolysis) is 1. The van der Waals surface area contributed by atoms with Crippen LogP contribution in [0.25, 0.3) is 0 Å². The highest BCUT2D eigenvalue weighted by Crippen LogP contribution is 2.48. The zero-order valence-electron chi connectivity index (χ0n) is 11.0. The first-order valence-electron chi connectivity index (χ1n) is 5.92. The molecule has 1 N–H and O–H groups in total. The lowest BCUT2D eigenvalue weighted by molar-refractivity contribution is 0.0495. The molecule has 0 atom stereocenters. The van der Waals surface area contributed by atoms with E-state index in [9.17, 15) is 4.79 Å². The Balaban J connectivity index is 2.15. The van der Waals surface area contributed by atoms with Crippen molar-refractivity contribution in [1.82, 2.24) is 15.5 Å². The van der Waals surface area contributed by atoms with Gasteiger partial charge in [-0.3, -0.25) is 0 Å². The summed E-state index contributed by atoms with van der Waals surface area (Å²) in [7, 11) is 0. The summed E-state index contributed by atoms with van der Waals surface area (Å²) in [6, 6.07) is 1.63. The van der Waals surface area contributed by atoms with Gasteiger partial charge >= 0.3 is 6.09 Å². The molecule has 2 rings (SSSR count). The molecule has 0 saturated heterocycles. The van der Waals surface area contributed by atoms with Gasteiger partial charge in [-0.05, 0) is 39.7 Å². The number of hydrogen-bond acceptors (Lipinski definition) is 4. The van der Waals surface area contributed by atoms with E-state index in [1.165, 1.54) is 0 Å². The summed E-state index contributed by atoms with van der Waals surface area (Å²) in [6.45, 7) is 5.43. The van der Waals surface area contributed by atoms with Crippen LogP contribution in [0.4, 0.5) is 4.79 Å². The molecule has 7 heteroatoms. The Kier molecular flexibility index (Phi) is 3.62. The van der Waals surface area contributed by atoms with Gasteiger partial charge < -0.3 is 10.1 Å². The van der Waals surface area contributed by atoms with Gasteiger partial charge in [-0.1, -0.05) is 23.2 Å². The molecule has 1 heterocycles. The quantitative estimate of drug-likeness (QED) is 0.910. The summed E-state index contributed by atoms with van der Waals surface area (Å²) in [5, 5.41) is 10.7. The molecule has 1 amide bonds. The fourth-order valence-corrected chi connectivity index (χ4v) is 2.19. The third-order valence-corrected chi connectivity index (χ3v) is 3.19. The highest BCUT2D eigenvalue weighted by atomic mass is 35.5. The topological polar surface area (TPSA) is 64.1 Å². The van der Waals surface area contributed by atoms with Crippen molar-refractivity contribution in [1.29, 1.82) is 0 Å². The van der Waals surface area contributed by atoms with E-state index >= 15 is 0 Å². The number of carbonyl (C=O) groups is 1. The number of rotatable bonds is 2. The third kappa shape index (κ3) is 3.48. The molecule has 0 spiro atoms. The fourth-order valence-electron chi connectivity index (χ4n) is 1.77. The maximum Gasteiger partial charge on any atom is 0.408 e. The van der Waals surface area contributed by atoms with Gasteiger partial charge in [0.25, 0.3) is 0 Å². The molecule has 104 valence electrons. The second-order valence-electron chi connectivity index (χ2n) is 5.58. The van der Waals surface area contributed by atoms with E-state index in [1.54, 1.807) is 6.07 Å². The third-order valence-electron chi connectivity index (χ3n) is 2.72. The fraction of sp³-hybridized carbons (Fsp3) is 0.583. The van der Waals surface area contributed by atoms with Crippen LogP contribution in [-0.4, -0.2) is 21.9 Å². The SMILES string of the molecule is CC(C)(C)OC(=O)NC1(c2cc(Cl)nnc2Cl)CC1. The number of carbonyl (C=O) groups excluding carboxylic acids is 1.